The van der Waals surface area contributed by atoms with Crippen molar-refractivity contribution in [1.82, 2.24) is 0 Å². The second kappa shape index (κ2) is 7.40. The zero-order chi connectivity index (χ0) is 16.8. The van der Waals surface area contributed by atoms with Crippen molar-refractivity contribution in [2.45, 2.75) is 6.92 Å². The van der Waals surface area contributed by atoms with Crippen LogP contribution < -0.4 is 15.0 Å². The normalized spacial score (nSPS) is 10.0. The van der Waals surface area contributed by atoms with Gasteiger partial charge in [-0.3, -0.25) is 9.59 Å². The van der Waals surface area contributed by atoms with Gasteiger partial charge in [-0.2, -0.15) is 0 Å². The molecular weight excluding hydrogens is 299 g/mol. The van der Waals surface area contributed by atoms with Crippen molar-refractivity contribution < 1.29 is 18.7 Å². The molecule has 0 saturated carbocycles. The van der Waals surface area contributed by atoms with E-state index in [1.54, 1.807) is 24.3 Å². The van der Waals surface area contributed by atoms with Gasteiger partial charge in [0.25, 0.3) is 0 Å². The molecule has 0 aliphatic heterocycles. The Bertz CT molecular complexity index is 701. The fraction of sp³-hybridized carbons (Fsp3) is 0.176. The maximum absolute atomic E-state index is 13.0. The molecule has 0 aliphatic carbocycles. The number of hydrogen-bond donors (Lipinski definition) is 1. The second-order valence-corrected chi connectivity index (χ2v) is 4.83. The topological polar surface area (TPSA) is 58.6 Å². The molecule has 23 heavy (non-hydrogen) atoms. The van der Waals surface area contributed by atoms with E-state index < -0.39 is 5.82 Å². The van der Waals surface area contributed by atoms with Crippen LogP contribution in [0.3, 0.4) is 0 Å². The van der Waals surface area contributed by atoms with Crippen LogP contribution in [0.4, 0.5) is 15.8 Å². The molecule has 0 aromatic heterocycles. The molecular formula is C17H17FN2O3. The first kappa shape index (κ1) is 16.5. The molecule has 2 aromatic carbocycles. The number of nitrogens with zero attached hydrogens (tertiary/aromatic N) is 1. The maximum atomic E-state index is 13.0. The van der Waals surface area contributed by atoms with Crippen molar-refractivity contribution in [1.29, 1.82) is 0 Å². The van der Waals surface area contributed by atoms with Gasteiger partial charge in [-0.15, -0.1) is 0 Å². The summed E-state index contributed by atoms with van der Waals surface area (Å²) in [5.41, 5.74) is 0.969. The van der Waals surface area contributed by atoms with Crippen LogP contribution in [-0.2, 0) is 9.59 Å². The standard InChI is InChI=1S/C17H17FN2O3/c1-12(21)20(14-9-7-13(18)8-10-14)11-17(22)19-15-5-3-4-6-16(15)23-2/h3-10H,11H2,1-2H3,(H,19,22). The Hall–Kier alpha value is -2.89. The monoisotopic (exact) mass is 316 g/mol. The van der Waals surface area contributed by atoms with E-state index in [-0.39, 0.29) is 18.4 Å². The Labute approximate surface area is 133 Å². The number of nitrogens with one attached hydrogen (secondary N) is 1. The number of methoxy groups -OCH3 is 1. The number of carbonyl (C=O) groups is 2. The molecule has 6 heteroatoms. The van der Waals surface area contributed by atoms with Crippen molar-refractivity contribution in [2.75, 3.05) is 23.9 Å². The molecule has 0 fully saturated rings. The molecule has 2 amide bonds. The minimum Gasteiger partial charge on any atom is -0.495 e. The average molecular weight is 316 g/mol. The third-order valence-electron chi connectivity index (χ3n) is 3.20. The molecule has 0 atom stereocenters. The first-order chi connectivity index (χ1) is 11.0. The van der Waals surface area contributed by atoms with E-state index in [1.165, 1.54) is 43.2 Å². The highest BCUT2D eigenvalue weighted by atomic mass is 19.1. The summed E-state index contributed by atoms with van der Waals surface area (Å²) in [7, 11) is 1.51. The van der Waals surface area contributed by atoms with Crippen LogP contribution in [0, 0.1) is 5.82 Å². The molecule has 5 nitrogen and oxygen atoms in total. The van der Waals surface area contributed by atoms with Gasteiger partial charge in [0.1, 0.15) is 18.1 Å². The average Bonchev–Trinajstić information content (AvgIpc) is 2.54. The lowest BCUT2D eigenvalue weighted by molar-refractivity contribution is -0.120. The fourth-order valence-electron chi connectivity index (χ4n) is 2.09. The fourth-order valence-corrected chi connectivity index (χ4v) is 2.09. The highest BCUT2D eigenvalue weighted by Crippen LogP contribution is 2.23. The quantitative estimate of drug-likeness (QED) is 0.923. The lowest BCUT2D eigenvalue weighted by atomic mass is 10.2. The summed E-state index contributed by atoms with van der Waals surface area (Å²) in [6.45, 7) is 1.17. The Morgan fingerprint density at radius 3 is 2.39 bits per heavy atom. The molecule has 120 valence electrons. The van der Waals surface area contributed by atoms with Crippen molar-refractivity contribution in [3.05, 3.63) is 54.3 Å². The van der Waals surface area contributed by atoms with Gasteiger partial charge in [-0.05, 0) is 36.4 Å². The van der Waals surface area contributed by atoms with Crippen LogP contribution in [0.2, 0.25) is 0 Å². The number of hydrogen-bond acceptors (Lipinski definition) is 3. The maximum Gasteiger partial charge on any atom is 0.244 e. The summed E-state index contributed by atoms with van der Waals surface area (Å²) in [6, 6.07) is 12.4. The second-order valence-electron chi connectivity index (χ2n) is 4.83. The Kier molecular flexibility index (Phi) is 5.30. The van der Waals surface area contributed by atoms with E-state index in [9.17, 15) is 14.0 Å². The van der Waals surface area contributed by atoms with Gasteiger partial charge >= 0.3 is 0 Å². The summed E-state index contributed by atoms with van der Waals surface area (Å²) in [4.78, 5) is 25.2. The van der Waals surface area contributed by atoms with E-state index in [1.807, 2.05) is 0 Å². The smallest absolute Gasteiger partial charge is 0.244 e. The van der Waals surface area contributed by atoms with Crippen LogP contribution in [0.5, 0.6) is 5.75 Å². The molecule has 0 saturated heterocycles. The highest BCUT2D eigenvalue weighted by molar-refractivity contribution is 6.02. The van der Waals surface area contributed by atoms with Gasteiger partial charge in [0.2, 0.25) is 11.8 Å². The minimum absolute atomic E-state index is 0.182. The Morgan fingerprint density at radius 1 is 1.13 bits per heavy atom. The molecule has 0 spiro atoms. The van der Waals surface area contributed by atoms with Crippen molar-refractivity contribution >= 4 is 23.2 Å². The number of rotatable bonds is 5. The summed E-state index contributed by atoms with van der Waals surface area (Å²) in [6.07, 6.45) is 0. The summed E-state index contributed by atoms with van der Waals surface area (Å²) >= 11 is 0. The first-order valence-corrected chi connectivity index (χ1v) is 6.98. The zero-order valence-corrected chi connectivity index (χ0v) is 12.9. The van der Waals surface area contributed by atoms with Gasteiger partial charge in [0.05, 0.1) is 12.8 Å². The number of carbonyl (C=O) groups excluding carboxylic acids is 2. The summed E-state index contributed by atoms with van der Waals surface area (Å²) in [5, 5.41) is 2.70. The number of benzene rings is 2. The van der Waals surface area contributed by atoms with Crippen molar-refractivity contribution in [2.24, 2.45) is 0 Å². The molecule has 2 rings (SSSR count). The van der Waals surface area contributed by atoms with Crippen LogP contribution in [-0.4, -0.2) is 25.5 Å². The Balaban J connectivity index is 2.12. The van der Waals surface area contributed by atoms with E-state index >= 15 is 0 Å². The van der Waals surface area contributed by atoms with Gasteiger partial charge in [-0.25, -0.2) is 4.39 Å². The lowest BCUT2D eigenvalue weighted by Crippen LogP contribution is -2.36. The van der Waals surface area contributed by atoms with Crippen molar-refractivity contribution in [3.63, 3.8) is 0 Å². The van der Waals surface area contributed by atoms with E-state index in [2.05, 4.69) is 5.32 Å². The first-order valence-electron chi connectivity index (χ1n) is 6.98. The largest absolute Gasteiger partial charge is 0.495 e. The third kappa shape index (κ3) is 4.29. The molecule has 0 aliphatic rings. The zero-order valence-electron chi connectivity index (χ0n) is 12.9. The van der Waals surface area contributed by atoms with Crippen LogP contribution in [0.15, 0.2) is 48.5 Å². The van der Waals surface area contributed by atoms with Crippen LogP contribution in [0.25, 0.3) is 0 Å². The van der Waals surface area contributed by atoms with E-state index in [0.717, 1.165) is 0 Å². The lowest BCUT2D eigenvalue weighted by Gasteiger charge is -2.21. The van der Waals surface area contributed by atoms with E-state index in [4.69, 9.17) is 4.74 Å². The molecule has 0 radical (unpaired) electrons. The number of ether oxygens (including phenoxy) is 1. The minimum atomic E-state index is -0.407. The Morgan fingerprint density at radius 2 is 1.78 bits per heavy atom. The number of para-hydroxylation sites is 2. The molecule has 1 N–H and O–H groups in total. The number of amides is 2. The predicted octanol–water partition coefficient (Wildman–Crippen LogP) is 2.83. The molecule has 0 unspecified atom stereocenters. The molecule has 0 heterocycles. The molecule has 2 aromatic rings. The number of anilines is 2. The molecule has 0 bridgehead atoms. The van der Waals surface area contributed by atoms with Crippen LogP contribution in [0.1, 0.15) is 6.92 Å². The van der Waals surface area contributed by atoms with Gasteiger partial charge in [0.15, 0.2) is 0 Å². The third-order valence-corrected chi connectivity index (χ3v) is 3.20. The van der Waals surface area contributed by atoms with Crippen molar-refractivity contribution in [3.8, 4) is 5.75 Å². The highest BCUT2D eigenvalue weighted by Gasteiger charge is 2.16. The number of halogens is 1. The van der Waals surface area contributed by atoms with Gasteiger partial charge in [0, 0.05) is 12.6 Å². The predicted molar refractivity (Wildman–Crippen MR) is 86.1 cm³/mol. The van der Waals surface area contributed by atoms with Gasteiger partial charge < -0.3 is 15.0 Å². The van der Waals surface area contributed by atoms with Gasteiger partial charge in [-0.1, -0.05) is 12.1 Å². The SMILES string of the molecule is COc1ccccc1NC(=O)CN(C(C)=O)c1ccc(F)cc1. The van der Waals surface area contributed by atoms with Crippen LogP contribution >= 0.6 is 0 Å². The van der Waals surface area contributed by atoms with E-state index in [0.29, 0.717) is 17.1 Å². The summed E-state index contributed by atoms with van der Waals surface area (Å²) in [5.74, 6) is -0.575. The summed E-state index contributed by atoms with van der Waals surface area (Å²) < 4.78 is 18.1.